The minimum Gasteiger partial charge on any atom is -0.492 e. The molecule has 7 nitrogen and oxygen atoms in total. The van der Waals surface area contributed by atoms with Gasteiger partial charge >= 0.3 is 0 Å². The largest absolute Gasteiger partial charge is 0.492 e. The number of rotatable bonds is 12. The molecule has 1 aromatic heterocycles. The summed E-state index contributed by atoms with van der Waals surface area (Å²) >= 11 is 12.4. The Morgan fingerprint density at radius 3 is 2.23 bits per heavy atom. The van der Waals surface area contributed by atoms with Crippen LogP contribution in [0.25, 0.3) is 22.4 Å². The first kappa shape index (κ1) is 31.0. The van der Waals surface area contributed by atoms with Crippen LogP contribution in [-0.4, -0.2) is 71.8 Å². The van der Waals surface area contributed by atoms with Gasteiger partial charge in [-0.3, -0.25) is 0 Å². The highest BCUT2D eigenvalue weighted by Crippen LogP contribution is 2.37. The fourth-order valence-corrected chi connectivity index (χ4v) is 6.54. The number of aromatic nitrogens is 2. The van der Waals surface area contributed by atoms with E-state index in [2.05, 4.69) is 47.5 Å². The Bertz CT molecular complexity index is 1590. The Balaban J connectivity index is 1.37. The zero-order valence-corrected chi connectivity index (χ0v) is 27.4. The van der Waals surface area contributed by atoms with Crippen molar-refractivity contribution in [3.05, 3.63) is 64.6 Å². The molecular weight excluding hydrogens is 595 g/mol. The molecule has 0 amide bonds. The van der Waals surface area contributed by atoms with Crippen molar-refractivity contribution >= 4 is 34.2 Å². The summed E-state index contributed by atoms with van der Waals surface area (Å²) in [5.74, 6) is 3.80. The van der Waals surface area contributed by atoms with Gasteiger partial charge in [-0.15, -0.1) is 0 Å². The monoisotopic (exact) mass is 636 g/mol. The summed E-state index contributed by atoms with van der Waals surface area (Å²) in [7, 11) is 4.36. The van der Waals surface area contributed by atoms with E-state index >= 15 is 0 Å². The van der Waals surface area contributed by atoms with Gasteiger partial charge in [0, 0.05) is 42.4 Å². The van der Waals surface area contributed by atoms with Crippen LogP contribution in [0.2, 0.25) is 10.0 Å². The summed E-state index contributed by atoms with van der Waals surface area (Å²) in [6.07, 6.45) is 6.82. The highest BCUT2D eigenvalue weighted by molar-refractivity contribution is 6.42. The molecule has 0 bridgehead atoms. The number of imidazole rings is 1. The minimum absolute atomic E-state index is 0.401. The molecule has 234 valence electrons. The molecule has 2 unspecified atom stereocenters. The van der Waals surface area contributed by atoms with Gasteiger partial charge in [0.05, 0.1) is 15.6 Å². The SMILES string of the molecule is CCCCn1c(-c2cccc(Oc3ccc(Cl)c(Cl)c3)c2)nc2c(OCC3CCCN3C)cc(OCC3CCCN3C)cc21. The van der Waals surface area contributed by atoms with Crippen LogP contribution in [0.15, 0.2) is 54.6 Å². The van der Waals surface area contributed by atoms with Gasteiger partial charge in [-0.1, -0.05) is 48.7 Å². The summed E-state index contributed by atoms with van der Waals surface area (Å²) in [5, 5.41) is 0.948. The molecule has 3 heterocycles. The van der Waals surface area contributed by atoms with E-state index in [1.165, 1.54) is 12.8 Å². The number of unbranched alkanes of at least 4 members (excludes halogenated alkanes) is 1. The van der Waals surface area contributed by atoms with Gasteiger partial charge in [-0.2, -0.15) is 0 Å². The summed E-state index contributed by atoms with van der Waals surface area (Å²) in [4.78, 5) is 10.0. The summed E-state index contributed by atoms with van der Waals surface area (Å²) < 4.78 is 21.5. The Kier molecular flexibility index (Phi) is 9.86. The molecule has 2 fully saturated rings. The van der Waals surface area contributed by atoms with Crippen LogP contribution >= 0.6 is 23.2 Å². The lowest BCUT2D eigenvalue weighted by Gasteiger charge is -2.21. The molecule has 9 heteroatoms. The molecule has 0 spiro atoms. The van der Waals surface area contributed by atoms with E-state index in [9.17, 15) is 0 Å². The molecule has 2 saturated heterocycles. The fraction of sp³-hybridized carbons (Fsp3) is 0.457. The van der Waals surface area contributed by atoms with Crippen LogP contribution in [-0.2, 0) is 6.54 Å². The molecule has 2 aliphatic heterocycles. The van der Waals surface area contributed by atoms with Crippen molar-refractivity contribution in [1.82, 2.24) is 19.4 Å². The Labute approximate surface area is 270 Å². The Hall–Kier alpha value is -2.97. The van der Waals surface area contributed by atoms with Crippen molar-refractivity contribution in [2.75, 3.05) is 40.4 Å². The maximum absolute atomic E-state index is 6.58. The first-order valence-corrected chi connectivity index (χ1v) is 16.6. The van der Waals surface area contributed by atoms with Crippen molar-refractivity contribution < 1.29 is 14.2 Å². The number of nitrogens with zero attached hydrogens (tertiary/aromatic N) is 4. The van der Waals surface area contributed by atoms with E-state index in [1.807, 2.05) is 30.3 Å². The molecule has 2 atom stereocenters. The van der Waals surface area contributed by atoms with Crippen molar-refractivity contribution in [1.29, 1.82) is 0 Å². The topological polar surface area (TPSA) is 52.0 Å². The maximum atomic E-state index is 6.58. The number of benzene rings is 3. The second-order valence-corrected chi connectivity index (χ2v) is 12.9. The van der Waals surface area contributed by atoms with Crippen LogP contribution in [0.5, 0.6) is 23.0 Å². The average Bonchev–Trinajstić information content (AvgIpc) is 3.73. The molecule has 6 rings (SSSR count). The number of halogens is 2. The summed E-state index contributed by atoms with van der Waals surface area (Å²) in [5.41, 5.74) is 2.85. The van der Waals surface area contributed by atoms with E-state index < -0.39 is 0 Å². The number of fused-ring (bicyclic) bond motifs is 1. The van der Waals surface area contributed by atoms with Crippen molar-refractivity contribution in [3.8, 4) is 34.4 Å². The molecule has 4 aromatic rings. The maximum Gasteiger partial charge on any atom is 0.150 e. The number of hydrogen-bond acceptors (Lipinski definition) is 6. The molecule has 44 heavy (non-hydrogen) atoms. The van der Waals surface area contributed by atoms with E-state index in [4.69, 9.17) is 42.4 Å². The van der Waals surface area contributed by atoms with Crippen molar-refractivity contribution in [3.63, 3.8) is 0 Å². The van der Waals surface area contributed by atoms with Gasteiger partial charge in [-0.05, 0) is 83.6 Å². The Morgan fingerprint density at radius 2 is 1.55 bits per heavy atom. The normalized spacial score (nSPS) is 19.2. The molecule has 3 aromatic carbocycles. The molecule has 0 saturated carbocycles. The van der Waals surface area contributed by atoms with E-state index in [1.54, 1.807) is 12.1 Å². The lowest BCUT2D eigenvalue weighted by molar-refractivity contribution is 0.192. The molecule has 2 aliphatic rings. The van der Waals surface area contributed by atoms with Gasteiger partial charge < -0.3 is 28.6 Å². The number of aryl methyl sites for hydroxylation is 1. The quantitative estimate of drug-likeness (QED) is 0.155. The third-order valence-electron chi connectivity index (χ3n) is 8.96. The second-order valence-electron chi connectivity index (χ2n) is 12.1. The number of likely N-dealkylation sites (N-methyl/N-ethyl adjacent to an activating group) is 2. The first-order chi connectivity index (χ1) is 21.4. The van der Waals surface area contributed by atoms with Crippen LogP contribution in [0.3, 0.4) is 0 Å². The zero-order chi connectivity index (χ0) is 30.6. The third-order valence-corrected chi connectivity index (χ3v) is 9.70. The third kappa shape index (κ3) is 6.96. The van der Waals surface area contributed by atoms with Gasteiger partial charge in [0.2, 0.25) is 0 Å². The molecule has 0 radical (unpaired) electrons. The van der Waals surface area contributed by atoms with Gasteiger partial charge in [-0.25, -0.2) is 4.98 Å². The van der Waals surface area contributed by atoms with E-state index in [0.717, 1.165) is 79.2 Å². The minimum atomic E-state index is 0.401. The van der Waals surface area contributed by atoms with Gasteiger partial charge in [0.25, 0.3) is 0 Å². The predicted molar refractivity (Wildman–Crippen MR) is 179 cm³/mol. The number of hydrogen-bond donors (Lipinski definition) is 0. The zero-order valence-electron chi connectivity index (χ0n) is 25.9. The highest BCUT2D eigenvalue weighted by Gasteiger charge is 2.25. The lowest BCUT2D eigenvalue weighted by atomic mass is 10.2. The smallest absolute Gasteiger partial charge is 0.150 e. The molecule has 0 N–H and O–H groups in total. The standard InChI is InChI=1S/C35H42Cl2N4O3/c1-4-5-17-41-32-20-29(42-22-25-10-7-15-39(25)2)21-33(43-23-26-11-8-16-40(26)3)34(32)38-35(41)24-9-6-12-27(18-24)44-28-13-14-30(36)31(37)19-28/h6,9,12-14,18-21,25-26H,4-5,7-8,10-11,15-17,22-23H2,1-3H3. The van der Waals surface area contributed by atoms with Crippen molar-refractivity contribution in [2.24, 2.45) is 0 Å². The molecule has 0 aliphatic carbocycles. The summed E-state index contributed by atoms with van der Waals surface area (Å²) in [6.45, 7) is 6.57. The van der Waals surface area contributed by atoms with Crippen LogP contribution in [0, 0.1) is 0 Å². The lowest BCUT2D eigenvalue weighted by Crippen LogP contribution is -2.31. The number of ether oxygens (including phenoxy) is 3. The Morgan fingerprint density at radius 1 is 0.818 bits per heavy atom. The van der Waals surface area contributed by atoms with Crippen LogP contribution in [0.4, 0.5) is 0 Å². The first-order valence-electron chi connectivity index (χ1n) is 15.8. The fourth-order valence-electron chi connectivity index (χ4n) is 6.26. The predicted octanol–water partition coefficient (Wildman–Crippen LogP) is 8.55. The van der Waals surface area contributed by atoms with E-state index in [0.29, 0.717) is 46.8 Å². The second kappa shape index (κ2) is 14.0. The summed E-state index contributed by atoms with van der Waals surface area (Å²) in [6, 6.07) is 18.3. The van der Waals surface area contributed by atoms with Gasteiger partial charge in [0.1, 0.15) is 41.8 Å². The van der Waals surface area contributed by atoms with Crippen LogP contribution in [0.1, 0.15) is 45.4 Å². The van der Waals surface area contributed by atoms with Gasteiger partial charge in [0.15, 0.2) is 5.75 Å². The van der Waals surface area contributed by atoms with E-state index in [-0.39, 0.29) is 0 Å². The average molecular weight is 638 g/mol. The highest BCUT2D eigenvalue weighted by atomic mass is 35.5. The van der Waals surface area contributed by atoms with Crippen molar-refractivity contribution in [2.45, 2.75) is 64.1 Å². The number of likely N-dealkylation sites (tertiary alicyclic amines) is 2. The molecular formula is C35H42Cl2N4O3. The van der Waals surface area contributed by atoms with Crippen LogP contribution < -0.4 is 14.2 Å².